The van der Waals surface area contributed by atoms with E-state index in [2.05, 4.69) is 5.32 Å². The molecule has 0 aliphatic heterocycles. The molecule has 0 radical (unpaired) electrons. The van der Waals surface area contributed by atoms with Crippen LogP contribution in [0.3, 0.4) is 0 Å². The third kappa shape index (κ3) is 11.7. The summed E-state index contributed by atoms with van der Waals surface area (Å²) < 4.78 is 15.1. The number of hydrogen-bond acceptors (Lipinski definition) is 7. The van der Waals surface area contributed by atoms with Crippen LogP contribution in [0.25, 0.3) is 0 Å². The first-order valence-corrected chi connectivity index (χ1v) is 9.90. The fraction of sp³-hybridized carbons (Fsp3) is 0.524. The molecule has 0 bridgehead atoms. The smallest absolute Gasteiger partial charge is 0.413 e. The third-order valence-electron chi connectivity index (χ3n) is 3.83. The van der Waals surface area contributed by atoms with Crippen molar-refractivity contribution in [3.8, 4) is 0 Å². The molecule has 0 spiro atoms. The molecule has 166 valence electrons. The summed E-state index contributed by atoms with van der Waals surface area (Å²) in [4.78, 5) is 36.2. The Morgan fingerprint density at radius 1 is 1.03 bits per heavy atom. The lowest BCUT2D eigenvalue weighted by molar-refractivity contribution is -0.147. The van der Waals surface area contributed by atoms with E-state index in [9.17, 15) is 14.4 Å². The minimum Gasteiger partial charge on any atom is -0.466 e. The van der Waals surface area contributed by atoms with Crippen LogP contribution >= 0.6 is 0 Å². The van der Waals surface area contributed by atoms with E-state index >= 15 is 0 Å². The van der Waals surface area contributed by atoms with Crippen molar-refractivity contribution in [1.29, 1.82) is 5.41 Å². The van der Waals surface area contributed by atoms with Gasteiger partial charge in [0.2, 0.25) is 5.96 Å². The van der Waals surface area contributed by atoms with E-state index in [1.54, 1.807) is 13.8 Å². The van der Waals surface area contributed by atoms with E-state index in [1.807, 2.05) is 30.3 Å². The Kier molecular flexibility index (Phi) is 11.6. The van der Waals surface area contributed by atoms with E-state index in [0.29, 0.717) is 25.7 Å². The highest BCUT2D eigenvalue weighted by Crippen LogP contribution is 2.04. The molecule has 1 amide bonds. The van der Waals surface area contributed by atoms with Gasteiger partial charge in [0, 0.05) is 13.5 Å². The second-order valence-electron chi connectivity index (χ2n) is 6.92. The van der Waals surface area contributed by atoms with Gasteiger partial charge >= 0.3 is 18.0 Å². The number of likely N-dealkylation sites (N-methyl/N-ethyl adjacent to an activating group) is 1. The number of benzene rings is 1. The maximum Gasteiger partial charge on any atom is 0.413 e. The molecular weight excluding hydrogens is 390 g/mol. The van der Waals surface area contributed by atoms with Gasteiger partial charge in [0.15, 0.2) is 0 Å². The SMILES string of the molecule is CC(C)OC(=O)CN(C)C(=N)NC(=O)OCCCCOC(=O)CCc1ccccc1. The maximum atomic E-state index is 11.7. The average molecular weight is 421 g/mol. The summed E-state index contributed by atoms with van der Waals surface area (Å²) >= 11 is 0. The maximum absolute atomic E-state index is 11.7. The largest absolute Gasteiger partial charge is 0.466 e. The van der Waals surface area contributed by atoms with E-state index in [1.165, 1.54) is 11.9 Å². The summed E-state index contributed by atoms with van der Waals surface area (Å²) in [5.74, 6) is -1.02. The predicted molar refractivity (Wildman–Crippen MR) is 111 cm³/mol. The second kappa shape index (κ2) is 14.0. The molecule has 1 aromatic carbocycles. The normalized spacial score (nSPS) is 10.3. The minimum atomic E-state index is -0.788. The number of rotatable bonds is 11. The molecule has 1 rings (SSSR count). The van der Waals surface area contributed by atoms with Gasteiger partial charge in [-0.2, -0.15) is 0 Å². The van der Waals surface area contributed by atoms with Crippen molar-refractivity contribution in [3.63, 3.8) is 0 Å². The highest BCUT2D eigenvalue weighted by molar-refractivity contribution is 5.93. The van der Waals surface area contributed by atoms with Gasteiger partial charge in [-0.05, 0) is 38.7 Å². The van der Waals surface area contributed by atoms with Gasteiger partial charge in [0.05, 0.1) is 19.3 Å². The second-order valence-corrected chi connectivity index (χ2v) is 6.92. The Labute approximate surface area is 177 Å². The Hall–Kier alpha value is -3.10. The van der Waals surface area contributed by atoms with E-state index in [-0.39, 0.29) is 37.8 Å². The van der Waals surface area contributed by atoms with Crippen molar-refractivity contribution in [1.82, 2.24) is 10.2 Å². The number of guanidine groups is 1. The number of carbonyl (C=O) groups is 3. The van der Waals surface area contributed by atoms with Gasteiger partial charge in [-0.1, -0.05) is 30.3 Å². The van der Waals surface area contributed by atoms with Crippen LogP contribution < -0.4 is 5.32 Å². The number of nitrogens with one attached hydrogen (secondary N) is 2. The van der Waals surface area contributed by atoms with Crippen molar-refractivity contribution in [2.75, 3.05) is 26.8 Å². The molecule has 30 heavy (non-hydrogen) atoms. The summed E-state index contributed by atoms with van der Waals surface area (Å²) in [5.41, 5.74) is 1.09. The highest BCUT2D eigenvalue weighted by atomic mass is 16.6. The van der Waals surface area contributed by atoms with Gasteiger partial charge in [-0.25, -0.2) is 4.79 Å². The molecule has 0 aromatic heterocycles. The van der Waals surface area contributed by atoms with Gasteiger partial charge in [-0.15, -0.1) is 0 Å². The molecule has 2 N–H and O–H groups in total. The molecular formula is C21H31N3O6. The summed E-state index contributed by atoms with van der Waals surface area (Å²) in [6.45, 7) is 3.68. The number of amides is 1. The number of nitrogens with zero attached hydrogens (tertiary/aromatic N) is 1. The molecule has 0 saturated heterocycles. The third-order valence-corrected chi connectivity index (χ3v) is 3.83. The Morgan fingerprint density at radius 2 is 1.67 bits per heavy atom. The first-order valence-electron chi connectivity index (χ1n) is 9.90. The van der Waals surface area contributed by atoms with E-state index < -0.39 is 12.1 Å². The summed E-state index contributed by atoms with van der Waals surface area (Å²) in [6.07, 6.45) is 0.999. The van der Waals surface area contributed by atoms with Crippen LogP contribution in [0, 0.1) is 5.41 Å². The molecule has 1 aromatic rings. The van der Waals surface area contributed by atoms with Crippen LogP contribution in [0.1, 0.15) is 38.7 Å². The number of unbranched alkanes of at least 4 members (excludes halogenated alkanes) is 1. The number of esters is 2. The van der Waals surface area contributed by atoms with E-state index in [0.717, 1.165) is 5.56 Å². The fourth-order valence-corrected chi connectivity index (χ4v) is 2.32. The van der Waals surface area contributed by atoms with Gasteiger partial charge < -0.3 is 19.1 Å². The monoisotopic (exact) mass is 421 g/mol. The standard InChI is InChI=1S/C21H31N3O6/c1-16(2)30-19(26)15-24(3)20(22)23-21(27)29-14-8-7-13-28-18(25)12-11-17-9-5-4-6-10-17/h4-6,9-10,16H,7-8,11-15H2,1-3H3,(H2,22,23,27). The molecule has 0 aliphatic rings. The minimum absolute atomic E-state index is 0.125. The van der Waals surface area contributed by atoms with Crippen molar-refractivity contribution >= 4 is 24.0 Å². The Bertz CT molecular complexity index is 693. The topological polar surface area (TPSA) is 118 Å². The number of carbonyl (C=O) groups excluding carboxylic acids is 3. The van der Waals surface area contributed by atoms with Gasteiger partial charge in [-0.3, -0.25) is 20.3 Å². The Morgan fingerprint density at radius 3 is 2.30 bits per heavy atom. The van der Waals surface area contributed by atoms with Crippen LogP contribution in [-0.4, -0.2) is 61.8 Å². The number of ether oxygens (including phenoxy) is 3. The lowest BCUT2D eigenvalue weighted by atomic mass is 10.1. The zero-order valence-corrected chi connectivity index (χ0v) is 17.8. The molecule has 0 atom stereocenters. The van der Waals surface area contributed by atoms with Crippen LogP contribution in [0.15, 0.2) is 30.3 Å². The summed E-state index contributed by atoms with van der Waals surface area (Å²) in [7, 11) is 1.48. The average Bonchev–Trinajstić information content (AvgIpc) is 2.69. The number of hydrogen-bond donors (Lipinski definition) is 2. The van der Waals surface area contributed by atoms with Crippen molar-refractivity contribution in [2.24, 2.45) is 0 Å². The number of alkyl carbamates (subject to hydrolysis) is 1. The summed E-state index contributed by atoms with van der Waals surface area (Å²) in [6, 6.07) is 9.71. The lowest BCUT2D eigenvalue weighted by Crippen LogP contribution is -2.44. The number of aryl methyl sites for hydroxylation is 1. The predicted octanol–water partition coefficient (Wildman–Crippen LogP) is 2.49. The fourth-order valence-electron chi connectivity index (χ4n) is 2.32. The zero-order chi connectivity index (χ0) is 22.4. The molecule has 0 saturated carbocycles. The van der Waals surface area contributed by atoms with E-state index in [4.69, 9.17) is 19.6 Å². The van der Waals surface area contributed by atoms with Gasteiger partial charge in [0.1, 0.15) is 6.54 Å². The molecule has 0 fully saturated rings. The van der Waals surface area contributed by atoms with Crippen molar-refractivity contribution in [2.45, 2.75) is 45.6 Å². The van der Waals surface area contributed by atoms with Gasteiger partial charge in [0.25, 0.3) is 0 Å². The molecule has 0 unspecified atom stereocenters. The molecule has 9 nitrogen and oxygen atoms in total. The lowest BCUT2D eigenvalue weighted by Gasteiger charge is -2.19. The van der Waals surface area contributed by atoms with Crippen LogP contribution in [0.5, 0.6) is 0 Å². The first-order chi connectivity index (χ1) is 14.3. The van der Waals surface area contributed by atoms with Crippen LogP contribution in [0.4, 0.5) is 4.79 Å². The first kappa shape index (κ1) is 24.9. The highest BCUT2D eigenvalue weighted by Gasteiger charge is 2.15. The van der Waals surface area contributed by atoms with Crippen LogP contribution in [0.2, 0.25) is 0 Å². The van der Waals surface area contributed by atoms with Crippen molar-refractivity contribution in [3.05, 3.63) is 35.9 Å². The summed E-state index contributed by atoms with van der Waals surface area (Å²) in [5, 5.41) is 9.98. The zero-order valence-electron chi connectivity index (χ0n) is 17.8. The van der Waals surface area contributed by atoms with Crippen LogP contribution in [-0.2, 0) is 30.2 Å². The molecule has 9 heteroatoms. The molecule has 0 aliphatic carbocycles. The Balaban J connectivity index is 2.07. The van der Waals surface area contributed by atoms with Crippen molar-refractivity contribution < 1.29 is 28.6 Å². The molecule has 0 heterocycles. The quantitative estimate of drug-likeness (QED) is 0.185.